The summed E-state index contributed by atoms with van der Waals surface area (Å²) in [5.74, 6) is 0.997. The van der Waals surface area contributed by atoms with Crippen molar-refractivity contribution in [2.45, 2.75) is 52.6 Å². The lowest BCUT2D eigenvalue weighted by atomic mass is 10.00. The van der Waals surface area contributed by atoms with Gasteiger partial charge in [0.15, 0.2) is 0 Å². The van der Waals surface area contributed by atoms with Gasteiger partial charge in [-0.2, -0.15) is 0 Å². The number of rotatable bonds is 11. The van der Waals surface area contributed by atoms with Gasteiger partial charge in [-0.05, 0) is 52.8 Å². The normalized spacial score (nSPS) is 11.9. The Morgan fingerprint density at radius 2 is 1.68 bits per heavy atom. The molecule has 2 amide bonds. The van der Waals surface area contributed by atoms with Gasteiger partial charge in [0.05, 0.1) is 7.11 Å². The number of ether oxygens (including phenoxy) is 1. The van der Waals surface area contributed by atoms with Crippen LogP contribution in [0.1, 0.15) is 44.7 Å². The quantitative estimate of drug-likeness (QED) is 0.419. The van der Waals surface area contributed by atoms with Crippen molar-refractivity contribution in [1.29, 1.82) is 0 Å². The molecule has 0 aliphatic rings. The largest absolute Gasteiger partial charge is 0.497 e. The number of methoxy groups -OCH3 is 1. The molecule has 0 saturated carbocycles. The maximum Gasteiger partial charge on any atom is 0.242 e. The summed E-state index contributed by atoms with van der Waals surface area (Å²) in [7, 11) is 1.63. The van der Waals surface area contributed by atoms with Crippen LogP contribution in [-0.4, -0.2) is 36.4 Å². The zero-order valence-electron chi connectivity index (χ0n) is 20.7. The molecule has 0 aromatic heterocycles. The summed E-state index contributed by atoms with van der Waals surface area (Å²) in [6, 6.07) is 21.6. The molecule has 34 heavy (non-hydrogen) atoms. The number of benzene rings is 3. The van der Waals surface area contributed by atoms with Crippen LogP contribution in [0.15, 0.2) is 66.7 Å². The Kier molecular flexibility index (Phi) is 9.08. The smallest absolute Gasteiger partial charge is 0.242 e. The van der Waals surface area contributed by atoms with Gasteiger partial charge in [-0.1, -0.05) is 75.4 Å². The minimum Gasteiger partial charge on any atom is -0.497 e. The fourth-order valence-corrected chi connectivity index (χ4v) is 4.17. The average Bonchev–Trinajstić information content (AvgIpc) is 2.86. The monoisotopic (exact) mass is 460 g/mol. The molecule has 0 fully saturated rings. The molecule has 0 bridgehead atoms. The fourth-order valence-electron chi connectivity index (χ4n) is 4.17. The molecule has 1 atom stereocenters. The molecule has 0 spiro atoms. The van der Waals surface area contributed by atoms with Gasteiger partial charge >= 0.3 is 0 Å². The molecule has 1 N–H and O–H groups in total. The van der Waals surface area contributed by atoms with Crippen LogP contribution in [0.2, 0.25) is 0 Å². The third kappa shape index (κ3) is 6.60. The molecule has 0 saturated heterocycles. The second kappa shape index (κ2) is 12.2. The summed E-state index contributed by atoms with van der Waals surface area (Å²) in [5, 5.41) is 5.35. The lowest BCUT2D eigenvalue weighted by Gasteiger charge is -2.31. The van der Waals surface area contributed by atoms with Gasteiger partial charge in [-0.15, -0.1) is 0 Å². The number of amides is 2. The summed E-state index contributed by atoms with van der Waals surface area (Å²) in [6.45, 7) is 7.05. The third-order valence-electron chi connectivity index (χ3n) is 6.07. The van der Waals surface area contributed by atoms with E-state index in [-0.39, 0.29) is 11.8 Å². The standard InChI is InChI=1S/C29H36N2O3/c1-5-27(29(33)30-19-21(2)3)31(20-22-13-16-25(34-4)17-14-22)28(32)18-15-24-11-8-10-23-9-6-7-12-26(23)24/h6-14,16-17,21,27H,5,15,18-20H2,1-4H3,(H,30,33). The summed E-state index contributed by atoms with van der Waals surface area (Å²) in [5.41, 5.74) is 2.11. The molecule has 5 heteroatoms. The first-order valence-corrected chi connectivity index (χ1v) is 12.1. The molecule has 0 heterocycles. The first-order valence-electron chi connectivity index (χ1n) is 12.1. The lowest BCUT2D eigenvalue weighted by molar-refractivity contribution is -0.141. The highest BCUT2D eigenvalue weighted by Gasteiger charge is 2.28. The molecule has 5 nitrogen and oxygen atoms in total. The average molecular weight is 461 g/mol. The van der Waals surface area contributed by atoms with Crippen molar-refractivity contribution in [3.63, 3.8) is 0 Å². The van der Waals surface area contributed by atoms with Crippen molar-refractivity contribution in [1.82, 2.24) is 10.2 Å². The summed E-state index contributed by atoms with van der Waals surface area (Å²) < 4.78 is 5.26. The van der Waals surface area contributed by atoms with Gasteiger partial charge in [0.25, 0.3) is 0 Å². The van der Waals surface area contributed by atoms with Crippen LogP contribution in [0.25, 0.3) is 10.8 Å². The third-order valence-corrected chi connectivity index (χ3v) is 6.07. The second-order valence-corrected chi connectivity index (χ2v) is 9.07. The topological polar surface area (TPSA) is 58.6 Å². The molecule has 180 valence electrons. The number of nitrogens with zero attached hydrogens (tertiary/aromatic N) is 1. The van der Waals surface area contributed by atoms with Gasteiger partial charge in [0.1, 0.15) is 11.8 Å². The van der Waals surface area contributed by atoms with Crippen LogP contribution in [0.3, 0.4) is 0 Å². The van der Waals surface area contributed by atoms with Crippen molar-refractivity contribution in [2.75, 3.05) is 13.7 Å². The Balaban J connectivity index is 1.81. The first kappa shape index (κ1) is 25.3. The zero-order chi connectivity index (χ0) is 24.5. The predicted octanol–water partition coefficient (Wildman–Crippen LogP) is 5.36. The van der Waals surface area contributed by atoms with Crippen LogP contribution < -0.4 is 10.1 Å². The Morgan fingerprint density at radius 1 is 0.971 bits per heavy atom. The van der Waals surface area contributed by atoms with Crippen molar-refractivity contribution < 1.29 is 14.3 Å². The number of carbonyl (C=O) groups is 2. The van der Waals surface area contributed by atoms with Crippen molar-refractivity contribution >= 4 is 22.6 Å². The molecular weight excluding hydrogens is 424 g/mol. The van der Waals surface area contributed by atoms with E-state index in [9.17, 15) is 9.59 Å². The summed E-state index contributed by atoms with van der Waals surface area (Å²) in [6.07, 6.45) is 1.53. The molecule has 1 unspecified atom stereocenters. The van der Waals surface area contributed by atoms with Crippen LogP contribution in [0.4, 0.5) is 0 Å². The number of fused-ring (bicyclic) bond motifs is 1. The van der Waals surface area contributed by atoms with E-state index in [1.54, 1.807) is 12.0 Å². The Hall–Kier alpha value is -3.34. The predicted molar refractivity (Wildman–Crippen MR) is 138 cm³/mol. The van der Waals surface area contributed by atoms with E-state index < -0.39 is 6.04 Å². The van der Waals surface area contributed by atoms with E-state index in [4.69, 9.17) is 4.74 Å². The van der Waals surface area contributed by atoms with E-state index in [1.165, 1.54) is 10.8 Å². The zero-order valence-corrected chi connectivity index (χ0v) is 20.7. The van der Waals surface area contributed by atoms with E-state index in [0.29, 0.717) is 38.3 Å². The molecule has 3 rings (SSSR count). The van der Waals surface area contributed by atoms with Crippen LogP contribution in [-0.2, 0) is 22.6 Å². The molecule has 0 aliphatic carbocycles. The maximum atomic E-state index is 13.5. The van der Waals surface area contributed by atoms with Gasteiger partial charge in [-0.3, -0.25) is 9.59 Å². The van der Waals surface area contributed by atoms with E-state index in [0.717, 1.165) is 16.9 Å². The SMILES string of the molecule is CCC(C(=O)NCC(C)C)N(Cc1ccc(OC)cc1)C(=O)CCc1cccc2ccccc12. The Morgan fingerprint density at radius 3 is 2.35 bits per heavy atom. The van der Waals surface area contributed by atoms with Gasteiger partial charge in [-0.25, -0.2) is 0 Å². The minimum absolute atomic E-state index is 0.0182. The second-order valence-electron chi connectivity index (χ2n) is 9.07. The fraction of sp³-hybridized carbons (Fsp3) is 0.379. The minimum atomic E-state index is -0.513. The van der Waals surface area contributed by atoms with E-state index in [2.05, 4.69) is 43.4 Å². The van der Waals surface area contributed by atoms with E-state index >= 15 is 0 Å². The Bertz CT molecular complexity index is 1090. The van der Waals surface area contributed by atoms with E-state index in [1.807, 2.05) is 49.4 Å². The summed E-state index contributed by atoms with van der Waals surface area (Å²) in [4.78, 5) is 28.3. The number of carbonyl (C=O) groups excluding carboxylic acids is 2. The number of hydrogen-bond donors (Lipinski definition) is 1. The number of hydrogen-bond acceptors (Lipinski definition) is 3. The molecule has 0 radical (unpaired) electrons. The molecule has 3 aromatic carbocycles. The maximum absolute atomic E-state index is 13.5. The van der Waals surface area contributed by atoms with Crippen LogP contribution in [0, 0.1) is 5.92 Å². The van der Waals surface area contributed by atoms with Crippen LogP contribution in [0.5, 0.6) is 5.75 Å². The van der Waals surface area contributed by atoms with Crippen molar-refractivity contribution in [3.8, 4) is 5.75 Å². The highest BCUT2D eigenvalue weighted by Crippen LogP contribution is 2.22. The number of nitrogens with one attached hydrogen (secondary N) is 1. The van der Waals surface area contributed by atoms with Gasteiger partial charge in [0, 0.05) is 19.5 Å². The molecular formula is C29H36N2O3. The highest BCUT2D eigenvalue weighted by molar-refractivity contribution is 5.89. The van der Waals surface area contributed by atoms with Crippen molar-refractivity contribution in [2.24, 2.45) is 5.92 Å². The highest BCUT2D eigenvalue weighted by atomic mass is 16.5. The number of aryl methyl sites for hydroxylation is 1. The first-order chi connectivity index (χ1) is 16.4. The Labute approximate surface area is 203 Å². The van der Waals surface area contributed by atoms with Crippen molar-refractivity contribution in [3.05, 3.63) is 77.9 Å². The van der Waals surface area contributed by atoms with Gasteiger partial charge in [0.2, 0.25) is 11.8 Å². The molecule has 0 aliphatic heterocycles. The molecule has 3 aromatic rings. The lowest BCUT2D eigenvalue weighted by Crippen LogP contribution is -2.49. The van der Waals surface area contributed by atoms with Gasteiger partial charge < -0.3 is 15.0 Å². The summed E-state index contributed by atoms with van der Waals surface area (Å²) >= 11 is 0. The van der Waals surface area contributed by atoms with Crippen LogP contribution >= 0.6 is 0 Å².